The summed E-state index contributed by atoms with van der Waals surface area (Å²) >= 11 is 0. The molecule has 2 saturated heterocycles. The monoisotopic (exact) mass is 768 g/mol. The molecule has 0 spiro atoms. The van der Waals surface area contributed by atoms with Crippen molar-refractivity contribution in [2.24, 2.45) is 50.2 Å². The highest BCUT2D eigenvalue weighted by atomic mass is 16.7. The van der Waals surface area contributed by atoms with Gasteiger partial charge in [0.25, 0.3) is 0 Å². The fraction of sp³-hybridized carbons (Fsp3) is 0.951. The van der Waals surface area contributed by atoms with Crippen LogP contribution in [0.3, 0.4) is 0 Å². The van der Waals surface area contributed by atoms with Gasteiger partial charge in [-0.1, -0.05) is 60.1 Å². The van der Waals surface area contributed by atoms with Crippen LogP contribution in [-0.4, -0.2) is 139 Å². The van der Waals surface area contributed by atoms with E-state index in [0.29, 0.717) is 12.8 Å². The van der Waals surface area contributed by atoms with Crippen LogP contribution in [0.1, 0.15) is 100 Å². The smallest absolute Gasteiger partial charge is 0.186 e. The number of hydrogen-bond donors (Lipinski definition) is 9. The molecule has 13 nitrogen and oxygen atoms in total. The summed E-state index contributed by atoms with van der Waals surface area (Å²) < 4.78 is 23.9. The lowest BCUT2D eigenvalue weighted by Crippen LogP contribution is -2.71. The van der Waals surface area contributed by atoms with E-state index in [1.165, 1.54) is 0 Å². The van der Waals surface area contributed by atoms with E-state index < -0.39 is 89.9 Å². The van der Waals surface area contributed by atoms with Crippen molar-refractivity contribution < 1.29 is 64.9 Å². The van der Waals surface area contributed by atoms with Crippen LogP contribution in [0.5, 0.6) is 0 Å². The molecule has 2 heterocycles. The van der Waals surface area contributed by atoms with Gasteiger partial charge >= 0.3 is 0 Å². The normalized spacial score (nSPS) is 56.8. The quantitative estimate of drug-likeness (QED) is 0.143. The number of ether oxygens (including phenoxy) is 4. The van der Waals surface area contributed by atoms with Crippen LogP contribution in [0.2, 0.25) is 0 Å². The van der Waals surface area contributed by atoms with Gasteiger partial charge in [-0.15, -0.1) is 0 Å². The number of rotatable bonds is 5. The lowest BCUT2D eigenvalue weighted by atomic mass is 9.33. The standard InChI is InChI=1S/C41H68O13/c1-19-31(54-34-29(47)27(45)22(43)17-51-34)28(46)30(48)35(52-19)53-26-12-13-38(6)23(37(26,4)5)11-14-39(7)24(38)10-9-20-21-15-36(2,3)32(49)33(50)41(21,18-42)16-25(44)40(20,39)8/h9,19,21-35,42-50H,10-18H2,1-8H3/t19-,21-,22-,23?,24?,25-,26-,27-,28-,29+,30+,31-,32-,33-,34-,35-,38-,39+,40-,41-/m0/s1. The Morgan fingerprint density at radius 2 is 1.43 bits per heavy atom. The summed E-state index contributed by atoms with van der Waals surface area (Å²) in [7, 11) is 0. The molecule has 13 heteroatoms. The Bertz CT molecular complexity index is 1440. The fourth-order valence-corrected chi connectivity index (χ4v) is 13.6. The molecule has 7 rings (SSSR count). The minimum absolute atomic E-state index is 0.120. The molecule has 0 aromatic rings. The molecule has 9 N–H and O–H groups in total. The highest BCUT2D eigenvalue weighted by molar-refractivity contribution is 5.37. The molecule has 5 aliphatic carbocycles. The Balaban J connectivity index is 1.10. The lowest BCUT2D eigenvalue weighted by Gasteiger charge is -2.72. The van der Waals surface area contributed by atoms with Gasteiger partial charge in [-0.25, -0.2) is 0 Å². The maximum Gasteiger partial charge on any atom is 0.186 e. The molecular formula is C41H68O13. The molecule has 310 valence electrons. The van der Waals surface area contributed by atoms with Crippen LogP contribution in [0.25, 0.3) is 0 Å². The first-order valence-electron chi connectivity index (χ1n) is 20.4. The van der Waals surface area contributed by atoms with Crippen molar-refractivity contribution in [1.82, 2.24) is 0 Å². The van der Waals surface area contributed by atoms with Crippen LogP contribution in [0.4, 0.5) is 0 Å². The molecule has 20 atom stereocenters. The van der Waals surface area contributed by atoms with Crippen molar-refractivity contribution >= 4 is 0 Å². The van der Waals surface area contributed by atoms with Crippen LogP contribution in [-0.2, 0) is 18.9 Å². The third-order valence-corrected chi connectivity index (χ3v) is 17.2. The van der Waals surface area contributed by atoms with Crippen molar-refractivity contribution in [2.45, 2.75) is 180 Å². The number of aliphatic hydroxyl groups is 9. The molecule has 6 fully saturated rings. The summed E-state index contributed by atoms with van der Waals surface area (Å²) in [4.78, 5) is 0. The summed E-state index contributed by atoms with van der Waals surface area (Å²) in [6.07, 6.45) is -7.57. The topological polar surface area (TPSA) is 219 Å². The maximum absolute atomic E-state index is 12.3. The summed E-state index contributed by atoms with van der Waals surface area (Å²) in [5.74, 6) is 0.293. The van der Waals surface area contributed by atoms with E-state index in [9.17, 15) is 46.0 Å². The van der Waals surface area contributed by atoms with Crippen molar-refractivity contribution in [1.29, 1.82) is 0 Å². The summed E-state index contributed by atoms with van der Waals surface area (Å²) in [6, 6.07) is 0. The minimum Gasteiger partial charge on any atom is -0.396 e. The van der Waals surface area contributed by atoms with E-state index in [1.54, 1.807) is 6.92 Å². The predicted molar refractivity (Wildman–Crippen MR) is 194 cm³/mol. The Kier molecular flexibility index (Phi) is 10.5. The molecule has 0 aromatic carbocycles. The van der Waals surface area contributed by atoms with Crippen LogP contribution >= 0.6 is 0 Å². The van der Waals surface area contributed by atoms with Crippen molar-refractivity contribution in [3.63, 3.8) is 0 Å². The van der Waals surface area contributed by atoms with Crippen molar-refractivity contribution in [2.75, 3.05) is 13.2 Å². The van der Waals surface area contributed by atoms with Gasteiger partial charge in [-0.3, -0.25) is 0 Å². The van der Waals surface area contributed by atoms with E-state index in [-0.39, 0.29) is 59.7 Å². The summed E-state index contributed by atoms with van der Waals surface area (Å²) in [5, 5.41) is 98.7. The average Bonchev–Trinajstić information content (AvgIpc) is 3.10. The van der Waals surface area contributed by atoms with E-state index in [2.05, 4.69) is 40.7 Å². The van der Waals surface area contributed by atoms with Crippen molar-refractivity contribution in [3.8, 4) is 0 Å². The first-order chi connectivity index (χ1) is 25.0. The summed E-state index contributed by atoms with van der Waals surface area (Å²) in [6.45, 7) is 16.5. The predicted octanol–water partition coefficient (Wildman–Crippen LogP) is 1.37. The zero-order chi connectivity index (χ0) is 39.7. The zero-order valence-electron chi connectivity index (χ0n) is 33.3. The maximum atomic E-state index is 12.3. The van der Waals surface area contributed by atoms with Gasteiger partial charge < -0.3 is 64.9 Å². The van der Waals surface area contributed by atoms with E-state index in [1.807, 2.05) is 13.8 Å². The average molecular weight is 769 g/mol. The highest BCUT2D eigenvalue weighted by Crippen LogP contribution is 2.75. The highest BCUT2D eigenvalue weighted by Gasteiger charge is 2.72. The van der Waals surface area contributed by atoms with E-state index in [4.69, 9.17) is 18.9 Å². The lowest BCUT2D eigenvalue weighted by molar-refractivity contribution is -0.356. The zero-order valence-corrected chi connectivity index (χ0v) is 33.3. The summed E-state index contributed by atoms with van der Waals surface area (Å²) in [5.41, 5.74) is -1.79. The minimum atomic E-state index is -1.56. The molecule has 54 heavy (non-hydrogen) atoms. The third kappa shape index (κ3) is 5.65. The Labute approximate surface area is 319 Å². The molecule has 0 bridgehead atoms. The van der Waals surface area contributed by atoms with Gasteiger partial charge in [-0.05, 0) is 91.3 Å². The van der Waals surface area contributed by atoms with Crippen LogP contribution in [0, 0.1) is 50.2 Å². The second kappa shape index (κ2) is 13.6. The van der Waals surface area contributed by atoms with Crippen LogP contribution in [0.15, 0.2) is 11.6 Å². The van der Waals surface area contributed by atoms with Crippen molar-refractivity contribution in [3.05, 3.63) is 11.6 Å². The SMILES string of the molecule is C[C@@H]1O[C@@H](O[C@H]2CC[C@@]3(C)C(CC[C@]4(C)C3CC=C3[C@@H]5CC(C)(C)[C@@H](O)[C@H](O)[C@]5(CO)C[C@H](O)[C@]34C)C2(C)C)[C@H](O)[C@H](O)[C@H]1O[C@@H]1OC[C@H](O)[C@H](O)[C@H]1O. The number of allylic oxidation sites excluding steroid dienone is 1. The second-order valence-corrected chi connectivity index (χ2v) is 20.4. The molecular weight excluding hydrogens is 700 g/mol. The number of hydrogen-bond acceptors (Lipinski definition) is 13. The fourth-order valence-electron chi connectivity index (χ4n) is 13.6. The molecule has 2 unspecified atom stereocenters. The van der Waals surface area contributed by atoms with Gasteiger partial charge in [0.15, 0.2) is 12.6 Å². The molecule has 7 aliphatic rings. The van der Waals surface area contributed by atoms with Gasteiger partial charge in [0.1, 0.15) is 36.6 Å². The Morgan fingerprint density at radius 3 is 2.09 bits per heavy atom. The number of fused-ring (bicyclic) bond motifs is 7. The Hall–Kier alpha value is -0.780. The first-order valence-corrected chi connectivity index (χ1v) is 20.4. The molecule has 2 aliphatic heterocycles. The van der Waals surface area contributed by atoms with E-state index >= 15 is 0 Å². The first kappa shape index (κ1) is 41.4. The van der Waals surface area contributed by atoms with Gasteiger partial charge in [0.05, 0.1) is 43.7 Å². The third-order valence-electron chi connectivity index (χ3n) is 17.2. The van der Waals surface area contributed by atoms with Gasteiger partial charge in [-0.2, -0.15) is 0 Å². The molecule has 0 aromatic heterocycles. The van der Waals surface area contributed by atoms with Crippen LogP contribution < -0.4 is 0 Å². The Morgan fingerprint density at radius 1 is 0.759 bits per heavy atom. The second-order valence-electron chi connectivity index (χ2n) is 20.4. The molecule has 0 amide bonds. The molecule has 0 radical (unpaired) electrons. The largest absolute Gasteiger partial charge is 0.396 e. The number of aliphatic hydroxyl groups excluding tert-OH is 9. The molecule has 4 saturated carbocycles. The van der Waals surface area contributed by atoms with Gasteiger partial charge in [0, 0.05) is 10.8 Å². The van der Waals surface area contributed by atoms with Gasteiger partial charge in [0.2, 0.25) is 0 Å². The van der Waals surface area contributed by atoms with E-state index in [0.717, 1.165) is 31.3 Å².